The second-order valence-electron chi connectivity index (χ2n) is 7.91. The van der Waals surface area contributed by atoms with Crippen LogP contribution in [-0.2, 0) is 16.0 Å². The number of rotatable bonds is 5. The molecule has 32 heavy (non-hydrogen) atoms. The summed E-state index contributed by atoms with van der Waals surface area (Å²) in [7, 11) is 0. The van der Waals surface area contributed by atoms with Gasteiger partial charge in [0.15, 0.2) is 5.82 Å². The van der Waals surface area contributed by atoms with Gasteiger partial charge in [-0.25, -0.2) is 9.98 Å². The van der Waals surface area contributed by atoms with Crippen molar-refractivity contribution in [3.05, 3.63) is 83.0 Å². The Morgan fingerprint density at radius 3 is 2.59 bits per heavy atom. The fraction of sp³-hybridized carbons (Fsp3) is 0.231. The number of nitrogens with one attached hydrogen (secondary N) is 1. The second-order valence-corrected chi connectivity index (χ2v) is 7.91. The van der Waals surface area contributed by atoms with Crippen molar-refractivity contribution in [1.82, 2.24) is 4.98 Å². The van der Waals surface area contributed by atoms with Gasteiger partial charge in [-0.1, -0.05) is 43.3 Å². The van der Waals surface area contributed by atoms with Crippen molar-refractivity contribution < 1.29 is 9.59 Å². The number of amides is 2. The van der Waals surface area contributed by atoms with E-state index >= 15 is 0 Å². The van der Waals surface area contributed by atoms with E-state index in [1.807, 2.05) is 62.4 Å². The summed E-state index contributed by atoms with van der Waals surface area (Å²) in [6.07, 6.45) is 2.65. The van der Waals surface area contributed by atoms with Gasteiger partial charge in [0.05, 0.1) is 12.1 Å². The lowest BCUT2D eigenvalue weighted by Gasteiger charge is -2.21. The van der Waals surface area contributed by atoms with Crippen LogP contribution >= 0.6 is 0 Å². The molecule has 0 bridgehead atoms. The Labute approximate surface area is 188 Å². The molecule has 0 aliphatic carbocycles. The largest absolute Gasteiger partial charge is 0.324 e. The molecule has 0 atom stereocenters. The summed E-state index contributed by atoms with van der Waals surface area (Å²) in [6.45, 7) is 5.93. The molecular formula is C26H26N4O2. The van der Waals surface area contributed by atoms with Gasteiger partial charge in [0, 0.05) is 11.9 Å². The highest BCUT2D eigenvalue weighted by atomic mass is 16.2. The number of benzene rings is 2. The first-order chi connectivity index (χ1) is 15.5. The van der Waals surface area contributed by atoms with E-state index in [4.69, 9.17) is 4.99 Å². The molecule has 0 unspecified atom stereocenters. The highest BCUT2D eigenvalue weighted by Gasteiger charge is 2.27. The molecule has 1 aliphatic rings. The van der Waals surface area contributed by atoms with Crippen LogP contribution in [0.3, 0.4) is 0 Å². The van der Waals surface area contributed by atoms with Crippen LogP contribution in [-0.4, -0.2) is 29.1 Å². The molecule has 0 fully saturated rings. The van der Waals surface area contributed by atoms with Gasteiger partial charge in [-0.3, -0.25) is 14.5 Å². The molecule has 2 aromatic carbocycles. The molecule has 6 nitrogen and oxygen atoms in total. The standard InChI is InChI=1S/C26H26N4O2/c1-4-19-10-12-20(13-11-19)23-15-25(32)30(26-22(28-23)9-6-14-27-26)16-24(31)29-21-8-5-7-17(2)18(21)3/h5-14H,4,15-16H2,1-3H3,(H,29,31). The Kier molecular flexibility index (Phi) is 6.12. The molecule has 0 saturated carbocycles. The number of aliphatic imine (C=N–C) groups is 1. The van der Waals surface area contributed by atoms with Crippen LogP contribution in [0.15, 0.2) is 65.8 Å². The maximum Gasteiger partial charge on any atom is 0.244 e. The molecule has 1 aromatic heterocycles. The Morgan fingerprint density at radius 2 is 1.84 bits per heavy atom. The van der Waals surface area contributed by atoms with Gasteiger partial charge in [-0.05, 0) is 60.7 Å². The molecule has 2 heterocycles. The van der Waals surface area contributed by atoms with Crippen LogP contribution in [0, 0.1) is 13.8 Å². The molecule has 0 saturated heterocycles. The lowest BCUT2D eigenvalue weighted by Crippen LogP contribution is -2.39. The number of pyridine rings is 1. The number of carbonyl (C=O) groups is 2. The van der Waals surface area contributed by atoms with E-state index in [-0.39, 0.29) is 24.8 Å². The molecule has 4 rings (SSSR count). The topological polar surface area (TPSA) is 74.7 Å². The zero-order valence-corrected chi connectivity index (χ0v) is 18.6. The minimum Gasteiger partial charge on any atom is -0.324 e. The van der Waals surface area contributed by atoms with Gasteiger partial charge >= 0.3 is 0 Å². The second kappa shape index (κ2) is 9.14. The molecule has 0 spiro atoms. The molecule has 6 heteroatoms. The van der Waals surface area contributed by atoms with Crippen molar-refractivity contribution in [2.45, 2.75) is 33.6 Å². The number of anilines is 2. The van der Waals surface area contributed by atoms with Gasteiger partial charge < -0.3 is 5.32 Å². The predicted molar refractivity (Wildman–Crippen MR) is 128 cm³/mol. The predicted octanol–water partition coefficient (Wildman–Crippen LogP) is 4.76. The van der Waals surface area contributed by atoms with Crippen molar-refractivity contribution in [3.8, 4) is 0 Å². The van der Waals surface area contributed by atoms with Crippen molar-refractivity contribution in [1.29, 1.82) is 0 Å². The number of hydrogen-bond acceptors (Lipinski definition) is 4. The molecule has 162 valence electrons. The Hall–Kier alpha value is -3.80. The zero-order chi connectivity index (χ0) is 22.7. The van der Waals surface area contributed by atoms with Crippen LogP contribution in [0.2, 0.25) is 0 Å². The summed E-state index contributed by atoms with van der Waals surface area (Å²) >= 11 is 0. The first kappa shape index (κ1) is 21.4. The van der Waals surface area contributed by atoms with Crippen molar-refractivity contribution in [2.24, 2.45) is 4.99 Å². The maximum atomic E-state index is 13.2. The third-order valence-corrected chi connectivity index (χ3v) is 5.77. The molecular weight excluding hydrogens is 400 g/mol. The average Bonchev–Trinajstić information content (AvgIpc) is 2.93. The lowest BCUT2D eigenvalue weighted by atomic mass is 10.0. The Bertz CT molecular complexity index is 1200. The summed E-state index contributed by atoms with van der Waals surface area (Å²) in [4.78, 5) is 36.6. The summed E-state index contributed by atoms with van der Waals surface area (Å²) in [5.41, 5.74) is 6.20. The van der Waals surface area contributed by atoms with Crippen LogP contribution in [0.5, 0.6) is 0 Å². The highest BCUT2D eigenvalue weighted by Crippen LogP contribution is 2.31. The summed E-state index contributed by atoms with van der Waals surface area (Å²) < 4.78 is 0. The quantitative estimate of drug-likeness (QED) is 0.639. The normalized spacial score (nSPS) is 13.3. The summed E-state index contributed by atoms with van der Waals surface area (Å²) in [5.74, 6) is -0.0925. The van der Waals surface area contributed by atoms with E-state index in [0.717, 1.165) is 28.8 Å². The van der Waals surface area contributed by atoms with E-state index in [1.54, 1.807) is 12.3 Å². The third kappa shape index (κ3) is 4.44. The van der Waals surface area contributed by atoms with Gasteiger partial charge in [0.2, 0.25) is 11.8 Å². The van der Waals surface area contributed by atoms with E-state index in [1.165, 1.54) is 10.5 Å². The minimum absolute atomic E-state index is 0.0958. The lowest BCUT2D eigenvalue weighted by molar-refractivity contribution is -0.120. The average molecular weight is 427 g/mol. The Morgan fingerprint density at radius 1 is 1.06 bits per heavy atom. The minimum atomic E-state index is -0.278. The maximum absolute atomic E-state index is 13.2. The number of fused-ring (bicyclic) bond motifs is 1. The van der Waals surface area contributed by atoms with Gasteiger partial charge in [-0.2, -0.15) is 0 Å². The molecule has 0 radical (unpaired) electrons. The smallest absolute Gasteiger partial charge is 0.244 e. The highest BCUT2D eigenvalue weighted by molar-refractivity contribution is 6.18. The third-order valence-electron chi connectivity index (χ3n) is 5.77. The fourth-order valence-electron chi connectivity index (χ4n) is 3.71. The number of aryl methyl sites for hydroxylation is 2. The molecule has 3 aromatic rings. The van der Waals surface area contributed by atoms with E-state index in [9.17, 15) is 9.59 Å². The van der Waals surface area contributed by atoms with E-state index < -0.39 is 0 Å². The van der Waals surface area contributed by atoms with E-state index in [0.29, 0.717) is 17.2 Å². The van der Waals surface area contributed by atoms with Crippen molar-refractivity contribution in [2.75, 3.05) is 16.8 Å². The fourth-order valence-corrected chi connectivity index (χ4v) is 3.71. The molecule has 2 amide bonds. The zero-order valence-electron chi connectivity index (χ0n) is 18.6. The van der Waals surface area contributed by atoms with Gasteiger partial charge in [0.25, 0.3) is 0 Å². The monoisotopic (exact) mass is 426 g/mol. The van der Waals surface area contributed by atoms with Crippen LogP contribution in [0.25, 0.3) is 0 Å². The first-order valence-corrected chi connectivity index (χ1v) is 10.7. The van der Waals surface area contributed by atoms with Crippen molar-refractivity contribution in [3.63, 3.8) is 0 Å². The Balaban J connectivity index is 1.60. The first-order valence-electron chi connectivity index (χ1n) is 10.7. The van der Waals surface area contributed by atoms with Crippen molar-refractivity contribution >= 4 is 34.7 Å². The van der Waals surface area contributed by atoms with Gasteiger partial charge in [-0.15, -0.1) is 0 Å². The number of hydrogen-bond donors (Lipinski definition) is 1. The van der Waals surface area contributed by atoms with Crippen LogP contribution in [0.1, 0.15) is 35.6 Å². The van der Waals surface area contributed by atoms with Gasteiger partial charge in [0.1, 0.15) is 12.2 Å². The number of nitrogens with zero attached hydrogens (tertiary/aromatic N) is 3. The number of aromatic nitrogens is 1. The number of carbonyl (C=O) groups excluding carboxylic acids is 2. The SMILES string of the molecule is CCc1ccc(C2=Nc3cccnc3N(CC(=O)Nc3cccc(C)c3C)C(=O)C2)cc1. The summed E-state index contributed by atoms with van der Waals surface area (Å²) in [5, 5.41) is 2.93. The molecule has 1 aliphatic heterocycles. The van der Waals surface area contributed by atoms with Crippen LogP contribution in [0.4, 0.5) is 17.2 Å². The summed E-state index contributed by atoms with van der Waals surface area (Å²) in [6, 6.07) is 17.4. The molecule has 1 N–H and O–H groups in total. The van der Waals surface area contributed by atoms with Crippen LogP contribution < -0.4 is 10.2 Å². The van der Waals surface area contributed by atoms with E-state index in [2.05, 4.69) is 17.2 Å².